The zero-order valence-corrected chi connectivity index (χ0v) is 24.2. The third-order valence-corrected chi connectivity index (χ3v) is 8.61. The number of ether oxygens (including phenoxy) is 1. The lowest BCUT2D eigenvalue weighted by Crippen LogP contribution is -2.32. The lowest BCUT2D eigenvalue weighted by atomic mass is 9.74. The number of halogens is 2. The van der Waals surface area contributed by atoms with Crippen LogP contribution in [0.15, 0.2) is 39.3 Å². The number of phenolic OH excluding ortho intramolecular Hbond substituents is 2. The highest BCUT2D eigenvalue weighted by molar-refractivity contribution is 9.10. The largest absolute Gasteiger partial charge is 0.507 e. The SMILES string of the molecule is CCc1c(Br)cc(C2(c3cc(Br)c(CC)c(O)c3CC)OC(=O)c3cc(C(=O)O)ccc32)c(CC)c1O. The van der Waals surface area contributed by atoms with Crippen LogP contribution in [0.2, 0.25) is 0 Å². The summed E-state index contributed by atoms with van der Waals surface area (Å²) in [6, 6.07) is 8.09. The number of esters is 1. The number of hydrogen-bond donors (Lipinski definition) is 3. The van der Waals surface area contributed by atoms with Crippen LogP contribution in [0.4, 0.5) is 0 Å². The number of cyclic esters (lactones) is 1. The summed E-state index contributed by atoms with van der Waals surface area (Å²) >= 11 is 7.20. The number of carboxylic acid groups (broad SMARTS) is 1. The molecular formula is C29H28Br2O6. The molecule has 1 heterocycles. The molecule has 0 atom stereocenters. The maximum atomic E-state index is 13.4. The van der Waals surface area contributed by atoms with E-state index in [0.717, 1.165) is 11.1 Å². The second-order valence-electron chi connectivity index (χ2n) is 8.97. The molecule has 194 valence electrons. The Balaban J connectivity index is 2.24. The number of carbonyl (C=O) groups excluding carboxylic acids is 1. The normalized spacial score (nSPS) is 13.9. The third-order valence-electron chi connectivity index (χ3n) is 7.20. The Kier molecular flexibility index (Phi) is 7.45. The first-order valence-corrected chi connectivity index (χ1v) is 13.8. The Bertz CT molecular complexity index is 1380. The Morgan fingerprint density at radius 3 is 1.65 bits per heavy atom. The molecule has 0 saturated heterocycles. The van der Waals surface area contributed by atoms with Crippen molar-refractivity contribution in [1.82, 2.24) is 0 Å². The summed E-state index contributed by atoms with van der Waals surface area (Å²) in [5.74, 6) is -1.59. The van der Waals surface area contributed by atoms with E-state index in [1.807, 2.05) is 39.8 Å². The Morgan fingerprint density at radius 2 is 1.24 bits per heavy atom. The van der Waals surface area contributed by atoms with Crippen LogP contribution in [0, 0.1) is 0 Å². The molecule has 0 amide bonds. The molecule has 1 aliphatic heterocycles. The van der Waals surface area contributed by atoms with Gasteiger partial charge in [0.05, 0.1) is 11.1 Å². The van der Waals surface area contributed by atoms with Crippen LogP contribution in [0.1, 0.15) is 87.4 Å². The molecule has 0 saturated carbocycles. The minimum atomic E-state index is -1.53. The van der Waals surface area contributed by atoms with E-state index < -0.39 is 17.5 Å². The van der Waals surface area contributed by atoms with Crippen molar-refractivity contribution in [2.75, 3.05) is 0 Å². The zero-order chi connectivity index (χ0) is 27.2. The van der Waals surface area contributed by atoms with Crippen molar-refractivity contribution in [1.29, 1.82) is 0 Å². The maximum Gasteiger partial charge on any atom is 0.340 e. The van der Waals surface area contributed by atoms with Gasteiger partial charge >= 0.3 is 11.9 Å². The molecule has 6 nitrogen and oxygen atoms in total. The molecule has 4 rings (SSSR count). The summed E-state index contributed by atoms with van der Waals surface area (Å²) in [6.45, 7) is 7.72. The third kappa shape index (κ3) is 4.05. The van der Waals surface area contributed by atoms with Crippen molar-refractivity contribution < 1.29 is 29.6 Å². The highest BCUT2D eigenvalue weighted by Crippen LogP contribution is 2.54. The quantitative estimate of drug-likeness (QED) is 0.242. The van der Waals surface area contributed by atoms with E-state index in [4.69, 9.17) is 4.74 Å². The van der Waals surface area contributed by atoms with Crippen LogP contribution in [0.3, 0.4) is 0 Å². The fourth-order valence-corrected chi connectivity index (χ4v) is 6.81. The van der Waals surface area contributed by atoms with Crippen molar-refractivity contribution in [3.63, 3.8) is 0 Å². The van der Waals surface area contributed by atoms with Gasteiger partial charge in [-0.2, -0.15) is 0 Å². The van der Waals surface area contributed by atoms with Gasteiger partial charge in [-0.3, -0.25) is 0 Å². The molecule has 3 N–H and O–H groups in total. The van der Waals surface area contributed by atoms with E-state index in [1.165, 1.54) is 12.1 Å². The van der Waals surface area contributed by atoms with E-state index in [9.17, 15) is 24.9 Å². The minimum Gasteiger partial charge on any atom is -0.507 e. The van der Waals surface area contributed by atoms with E-state index in [1.54, 1.807) is 6.07 Å². The second kappa shape index (κ2) is 10.1. The monoisotopic (exact) mass is 630 g/mol. The number of rotatable bonds is 7. The van der Waals surface area contributed by atoms with E-state index in [2.05, 4.69) is 31.9 Å². The van der Waals surface area contributed by atoms with E-state index in [-0.39, 0.29) is 22.6 Å². The molecule has 1 aliphatic rings. The van der Waals surface area contributed by atoms with Crippen molar-refractivity contribution in [2.24, 2.45) is 0 Å². The van der Waals surface area contributed by atoms with Gasteiger partial charge in [-0.05, 0) is 49.9 Å². The number of carbonyl (C=O) groups is 2. The van der Waals surface area contributed by atoms with Crippen LogP contribution in [-0.4, -0.2) is 27.3 Å². The van der Waals surface area contributed by atoms with Gasteiger partial charge in [0.25, 0.3) is 0 Å². The summed E-state index contributed by atoms with van der Waals surface area (Å²) in [4.78, 5) is 25.1. The zero-order valence-electron chi connectivity index (χ0n) is 21.0. The lowest BCUT2D eigenvalue weighted by Gasteiger charge is -2.35. The van der Waals surface area contributed by atoms with Crippen molar-refractivity contribution in [3.05, 3.63) is 89.3 Å². The van der Waals surface area contributed by atoms with Crippen LogP contribution < -0.4 is 0 Å². The maximum absolute atomic E-state index is 13.4. The number of aromatic hydroxyl groups is 2. The minimum absolute atomic E-state index is 0.0337. The molecule has 0 aromatic heterocycles. The molecular weight excluding hydrogens is 604 g/mol. The van der Waals surface area contributed by atoms with Crippen LogP contribution in [0.25, 0.3) is 0 Å². The van der Waals surface area contributed by atoms with Gasteiger partial charge in [-0.15, -0.1) is 0 Å². The molecule has 0 radical (unpaired) electrons. The molecule has 37 heavy (non-hydrogen) atoms. The number of benzene rings is 3. The Morgan fingerprint density at radius 1 is 0.784 bits per heavy atom. The predicted octanol–water partition coefficient (Wildman–Crippen LogP) is 7.03. The first-order chi connectivity index (χ1) is 17.6. The van der Waals surface area contributed by atoms with Gasteiger partial charge in [0.15, 0.2) is 5.60 Å². The van der Waals surface area contributed by atoms with Crippen molar-refractivity contribution >= 4 is 43.8 Å². The summed E-state index contributed by atoms with van der Waals surface area (Å²) in [5.41, 5.74) is 2.83. The number of phenols is 2. The number of hydrogen-bond acceptors (Lipinski definition) is 5. The molecule has 0 unspecified atom stereocenters. The topological polar surface area (TPSA) is 104 Å². The molecule has 0 bridgehead atoms. The molecule has 3 aromatic rings. The molecule has 0 fully saturated rings. The van der Waals surface area contributed by atoms with Crippen molar-refractivity contribution in [2.45, 2.75) is 59.0 Å². The van der Waals surface area contributed by atoms with E-state index in [0.29, 0.717) is 62.4 Å². The number of carboxylic acids is 1. The molecule has 8 heteroatoms. The average Bonchev–Trinajstić information content (AvgIpc) is 3.16. The van der Waals surface area contributed by atoms with Crippen LogP contribution >= 0.6 is 31.9 Å². The summed E-state index contributed by atoms with van der Waals surface area (Å²) in [7, 11) is 0. The average molecular weight is 632 g/mol. The van der Waals surface area contributed by atoms with Crippen LogP contribution in [-0.2, 0) is 36.0 Å². The first kappa shape index (κ1) is 27.2. The van der Waals surface area contributed by atoms with E-state index >= 15 is 0 Å². The standard InChI is InChI=1S/C29H28Br2O6/c1-5-15-21(12-23(30)17(7-3)25(15)32)29(22-13-24(31)18(8-4)26(33)16(22)6-2)20-10-9-14(27(34)35)11-19(20)28(36)37-29/h9-13,32-33H,5-8H2,1-4H3,(H,34,35). The molecule has 3 aromatic carbocycles. The van der Waals surface area contributed by atoms with Gasteiger partial charge in [0.1, 0.15) is 11.5 Å². The fourth-order valence-electron chi connectivity index (χ4n) is 5.41. The first-order valence-electron chi connectivity index (χ1n) is 12.3. The lowest BCUT2D eigenvalue weighted by molar-refractivity contribution is 0.0244. The van der Waals surface area contributed by atoms with Gasteiger partial charge < -0.3 is 20.1 Å². The number of aromatic carboxylic acids is 1. The van der Waals surface area contributed by atoms with Gasteiger partial charge in [-0.1, -0.05) is 65.6 Å². The number of fused-ring (bicyclic) bond motifs is 1. The van der Waals surface area contributed by atoms with Gasteiger partial charge in [0.2, 0.25) is 0 Å². The Hall–Kier alpha value is -2.84. The summed E-state index contributed by atoms with van der Waals surface area (Å²) in [5, 5.41) is 32.2. The molecule has 0 spiro atoms. The highest BCUT2D eigenvalue weighted by atomic mass is 79.9. The Labute approximate surface area is 232 Å². The van der Waals surface area contributed by atoms with Crippen molar-refractivity contribution in [3.8, 4) is 11.5 Å². The smallest absolute Gasteiger partial charge is 0.340 e. The van der Waals surface area contributed by atoms with Crippen LogP contribution in [0.5, 0.6) is 11.5 Å². The highest BCUT2D eigenvalue weighted by Gasteiger charge is 2.52. The summed E-state index contributed by atoms with van der Waals surface area (Å²) in [6.07, 6.45) is 2.07. The predicted molar refractivity (Wildman–Crippen MR) is 148 cm³/mol. The van der Waals surface area contributed by atoms with Gasteiger partial charge in [0, 0.05) is 47.9 Å². The second-order valence-corrected chi connectivity index (χ2v) is 10.7. The molecule has 0 aliphatic carbocycles. The summed E-state index contributed by atoms with van der Waals surface area (Å²) < 4.78 is 7.61. The van der Waals surface area contributed by atoms with Gasteiger partial charge in [-0.25, -0.2) is 9.59 Å². The fraction of sp³-hybridized carbons (Fsp3) is 0.310.